The van der Waals surface area contributed by atoms with E-state index in [1.165, 1.54) is 18.9 Å². The lowest BCUT2D eigenvalue weighted by Gasteiger charge is -2.10. The molecule has 6 nitrogen and oxygen atoms in total. The van der Waals surface area contributed by atoms with Crippen molar-refractivity contribution in [2.24, 2.45) is 5.92 Å². The molecule has 118 valence electrons. The second kappa shape index (κ2) is 6.29. The van der Waals surface area contributed by atoms with Gasteiger partial charge in [-0.1, -0.05) is 31.7 Å². The van der Waals surface area contributed by atoms with Crippen molar-refractivity contribution in [2.75, 3.05) is 0 Å². The first kappa shape index (κ1) is 15.4. The van der Waals surface area contributed by atoms with Crippen molar-refractivity contribution in [1.82, 2.24) is 13.5 Å². The first-order chi connectivity index (χ1) is 10.6. The maximum atomic E-state index is 12.4. The molecule has 3 rings (SSSR count). The lowest BCUT2D eigenvalue weighted by atomic mass is 10.0. The molecule has 1 fully saturated rings. The molecule has 1 aromatic heterocycles. The molecule has 0 aliphatic heterocycles. The highest BCUT2D eigenvalue weighted by atomic mass is 32.2. The molecule has 0 saturated heterocycles. The largest absolute Gasteiger partial charge is 0.274 e. The summed E-state index contributed by atoms with van der Waals surface area (Å²) in [4.78, 5) is 11.9. The number of carbonyl (C=O) groups is 1. The molecule has 0 radical (unpaired) electrons. The minimum absolute atomic E-state index is 0.00738. The van der Waals surface area contributed by atoms with E-state index < -0.39 is 15.9 Å². The number of fused-ring (bicyclic) bond motifs is 1. The molecule has 0 spiro atoms. The summed E-state index contributed by atoms with van der Waals surface area (Å²) in [7, 11) is -3.90. The van der Waals surface area contributed by atoms with Gasteiger partial charge in [-0.05, 0) is 24.5 Å². The Hall–Kier alpha value is -1.54. The van der Waals surface area contributed by atoms with Crippen molar-refractivity contribution in [2.45, 2.75) is 43.4 Å². The molecule has 0 atom stereocenters. The van der Waals surface area contributed by atoms with Crippen LogP contribution in [0.4, 0.5) is 0 Å². The first-order valence-electron chi connectivity index (χ1n) is 7.33. The Morgan fingerprint density at radius 3 is 2.82 bits per heavy atom. The fraction of sp³-hybridized carbons (Fsp3) is 0.500. The van der Waals surface area contributed by atoms with E-state index in [-0.39, 0.29) is 11.3 Å². The number of nitrogens with one attached hydrogen (secondary N) is 1. The molecular weight excluding hydrogens is 322 g/mol. The third-order valence-corrected chi connectivity index (χ3v) is 5.99. The van der Waals surface area contributed by atoms with E-state index in [4.69, 9.17) is 0 Å². The Balaban J connectivity index is 1.70. The molecule has 22 heavy (non-hydrogen) atoms. The number of rotatable bonds is 5. The van der Waals surface area contributed by atoms with Gasteiger partial charge in [-0.25, -0.2) is 13.1 Å². The summed E-state index contributed by atoms with van der Waals surface area (Å²) in [5, 5.41) is 0. The maximum Gasteiger partial charge on any atom is 0.266 e. The highest BCUT2D eigenvalue weighted by Gasteiger charge is 2.23. The Labute approximate surface area is 133 Å². The van der Waals surface area contributed by atoms with Gasteiger partial charge in [-0.2, -0.15) is 8.75 Å². The van der Waals surface area contributed by atoms with E-state index in [1.54, 1.807) is 12.1 Å². The second-order valence-electron chi connectivity index (χ2n) is 5.61. The minimum atomic E-state index is -3.90. The van der Waals surface area contributed by atoms with Gasteiger partial charge in [0, 0.05) is 6.42 Å². The van der Waals surface area contributed by atoms with Crippen LogP contribution in [-0.4, -0.2) is 23.1 Å². The Morgan fingerprint density at radius 1 is 1.27 bits per heavy atom. The van der Waals surface area contributed by atoms with E-state index in [1.807, 2.05) is 0 Å². The molecule has 1 amide bonds. The number of amides is 1. The number of carbonyl (C=O) groups excluding carboxylic acids is 1. The van der Waals surface area contributed by atoms with Crippen molar-refractivity contribution in [3.05, 3.63) is 18.2 Å². The third kappa shape index (κ3) is 3.27. The van der Waals surface area contributed by atoms with Gasteiger partial charge in [0.1, 0.15) is 15.9 Å². The van der Waals surface area contributed by atoms with Crippen molar-refractivity contribution < 1.29 is 13.2 Å². The summed E-state index contributed by atoms with van der Waals surface area (Å²) in [6.45, 7) is 0. The molecule has 1 heterocycles. The Bertz CT molecular complexity index is 779. The van der Waals surface area contributed by atoms with Crippen LogP contribution in [0.5, 0.6) is 0 Å². The maximum absolute atomic E-state index is 12.4. The average Bonchev–Trinajstić information content (AvgIpc) is 3.15. The molecule has 0 unspecified atom stereocenters. The van der Waals surface area contributed by atoms with Crippen LogP contribution in [0, 0.1) is 5.92 Å². The van der Waals surface area contributed by atoms with E-state index in [2.05, 4.69) is 13.5 Å². The third-order valence-electron chi connectivity index (χ3n) is 4.04. The number of aromatic nitrogens is 2. The topological polar surface area (TPSA) is 89.0 Å². The van der Waals surface area contributed by atoms with Crippen LogP contribution in [0.15, 0.2) is 23.1 Å². The summed E-state index contributed by atoms with van der Waals surface area (Å²) in [5.41, 5.74) is 0.829. The fourth-order valence-corrected chi connectivity index (χ4v) is 4.67. The van der Waals surface area contributed by atoms with Gasteiger partial charge in [0.05, 0.1) is 11.7 Å². The van der Waals surface area contributed by atoms with Crippen LogP contribution >= 0.6 is 11.7 Å². The van der Waals surface area contributed by atoms with Gasteiger partial charge in [0.15, 0.2) is 0 Å². The van der Waals surface area contributed by atoms with Gasteiger partial charge in [0.2, 0.25) is 5.91 Å². The lowest BCUT2D eigenvalue weighted by molar-refractivity contribution is -0.119. The number of hydrogen-bond acceptors (Lipinski definition) is 6. The van der Waals surface area contributed by atoms with E-state index >= 15 is 0 Å². The molecule has 0 bridgehead atoms. The summed E-state index contributed by atoms with van der Waals surface area (Å²) in [5.74, 6) is 0.103. The number of hydrogen-bond donors (Lipinski definition) is 1. The van der Waals surface area contributed by atoms with Crippen molar-refractivity contribution in [3.63, 3.8) is 0 Å². The van der Waals surface area contributed by atoms with Crippen LogP contribution in [-0.2, 0) is 14.8 Å². The second-order valence-corrected chi connectivity index (χ2v) is 7.79. The molecule has 1 N–H and O–H groups in total. The fourth-order valence-electron chi connectivity index (χ4n) is 2.89. The van der Waals surface area contributed by atoms with Crippen LogP contribution in [0.3, 0.4) is 0 Å². The van der Waals surface area contributed by atoms with E-state index in [0.717, 1.165) is 31.0 Å². The monoisotopic (exact) mass is 339 g/mol. The zero-order valence-corrected chi connectivity index (χ0v) is 13.6. The van der Waals surface area contributed by atoms with Gasteiger partial charge in [-0.3, -0.25) is 4.79 Å². The number of benzene rings is 1. The first-order valence-corrected chi connectivity index (χ1v) is 9.54. The quantitative estimate of drug-likeness (QED) is 0.904. The summed E-state index contributed by atoms with van der Waals surface area (Å²) in [6, 6.07) is 4.73. The van der Waals surface area contributed by atoms with Gasteiger partial charge in [-0.15, -0.1) is 0 Å². The number of nitrogens with zero attached hydrogens (tertiary/aromatic N) is 2. The molecule has 1 aliphatic carbocycles. The zero-order chi connectivity index (χ0) is 15.6. The summed E-state index contributed by atoms with van der Waals surface area (Å²) >= 11 is 0.952. The zero-order valence-electron chi connectivity index (χ0n) is 12.0. The van der Waals surface area contributed by atoms with Crippen LogP contribution in [0.2, 0.25) is 0 Å². The predicted molar refractivity (Wildman–Crippen MR) is 83.9 cm³/mol. The Kier molecular flexibility index (Phi) is 4.39. The molecule has 1 aromatic carbocycles. The SMILES string of the molecule is O=C(CCC1CCCC1)NS(=O)(=O)c1cccc2nsnc12. The molecule has 8 heteroatoms. The Morgan fingerprint density at radius 2 is 2.05 bits per heavy atom. The highest BCUT2D eigenvalue weighted by Crippen LogP contribution is 2.28. The molecule has 1 saturated carbocycles. The number of sulfonamides is 1. The van der Waals surface area contributed by atoms with Crippen LogP contribution in [0.1, 0.15) is 38.5 Å². The summed E-state index contributed by atoms with van der Waals surface area (Å²) in [6.07, 6.45) is 5.71. The van der Waals surface area contributed by atoms with Crippen molar-refractivity contribution in [3.8, 4) is 0 Å². The van der Waals surface area contributed by atoms with Crippen LogP contribution < -0.4 is 4.72 Å². The van der Waals surface area contributed by atoms with Crippen LogP contribution in [0.25, 0.3) is 11.0 Å². The smallest absolute Gasteiger partial charge is 0.266 e. The normalized spacial score (nSPS) is 16.2. The molecular formula is C14H17N3O3S2. The molecule has 1 aliphatic rings. The van der Waals surface area contributed by atoms with E-state index in [0.29, 0.717) is 17.0 Å². The predicted octanol–water partition coefficient (Wildman–Crippen LogP) is 2.47. The highest BCUT2D eigenvalue weighted by molar-refractivity contribution is 7.90. The standard InChI is InChI=1S/C14H17N3O3S2/c18-13(9-8-10-4-1-2-5-10)17-22(19,20)12-7-3-6-11-14(12)16-21-15-11/h3,6-7,10H,1-2,4-5,8-9H2,(H,17,18). The van der Waals surface area contributed by atoms with Gasteiger partial charge in [0.25, 0.3) is 10.0 Å². The van der Waals surface area contributed by atoms with E-state index in [9.17, 15) is 13.2 Å². The summed E-state index contributed by atoms with van der Waals surface area (Å²) < 4.78 is 34.9. The van der Waals surface area contributed by atoms with Crippen molar-refractivity contribution >= 4 is 38.7 Å². The van der Waals surface area contributed by atoms with Gasteiger partial charge >= 0.3 is 0 Å². The molecule has 2 aromatic rings. The average molecular weight is 339 g/mol. The minimum Gasteiger partial charge on any atom is -0.274 e. The van der Waals surface area contributed by atoms with Gasteiger partial charge < -0.3 is 0 Å². The van der Waals surface area contributed by atoms with Crippen molar-refractivity contribution in [1.29, 1.82) is 0 Å². The lowest BCUT2D eigenvalue weighted by Crippen LogP contribution is -2.30.